The Labute approximate surface area is 189 Å². The lowest BCUT2D eigenvalue weighted by Crippen LogP contribution is -2.56. The molecule has 0 N–H and O–H groups in total. The van der Waals surface area contributed by atoms with Crippen molar-refractivity contribution in [2.45, 2.75) is 76.9 Å². The van der Waals surface area contributed by atoms with E-state index in [1.807, 2.05) is 30.4 Å². The molecule has 0 unspecified atom stereocenters. The Balaban J connectivity index is 1.40. The van der Waals surface area contributed by atoms with Gasteiger partial charge in [-0.3, -0.25) is 9.59 Å². The molecule has 0 atom stereocenters. The molecule has 2 amide bonds. The molecule has 1 saturated heterocycles. The number of hydrogen-bond donors (Lipinski definition) is 0. The predicted octanol–water partition coefficient (Wildman–Crippen LogP) is 3.86. The Morgan fingerprint density at radius 2 is 1.84 bits per heavy atom. The van der Waals surface area contributed by atoms with Crippen molar-refractivity contribution >= 4 is 22.8 Å². The van der Waals surface area contributed by atoms with Gasteiger partial charge in [0.1, 0.15) is 17.8 Å². The van der Waals surface area contributed by atoms with E-state index in [1.54, 1.807) is 4.90 Å². The highest BCUT2D eigenvalue weighted by Crippen LogP contribution is 2.43. The molecule has 2 saturated carbocycles. The Kier molecular flexibility index (Phi) is 5.59. The molecule has 1 aromatic heterocycles. The summed E-state index contributed by atoms with van der Waals surface area (Å²) in [4.78, 5) is 34.7. The van der Waals surface area contributed by atoms with Gasteiger partial charge in [-0.05, 0) is 63.1 Å². The van der Waals surface area contributed by atoms with Crippen molar-refractivity contribution < 1.29 is 14.3 Å². The second-order valence-corrected chi connectivity index (χ2v) is 9.93. The van der Waals surface area contributed by atoms with Crippen LogP contribution in [0.15, 0.2) is 12.1 Å². The van der Waals surface area contributed by atoms with Gasteiger partial charge in [0.05, 0.1) is 11.6 Å². The summed E-state index contributed by atoms with van der Waals surface area (Å²) >= 11 is 0. The maximum Gasteiger partial charge on any atom is 0.290 e. The second-order valence-electron chi connectivity index (χ2n) is 9.93. The number of imidazole rings is 1. The van der Waals surface area contributed by atoms with Gasteiger partial charge in [-0.25, -0.2) is 4.98 Å². The Bertz CT molecular complexity index is 1030. The van der Waals surface area contributed by atoms with Crippen LogP contribution in [0.25, 0.3) is 11.0 Å². The summed E-state index contributed by atoms with van der Waals surface area (Å²) in [5.41, 5.74) is 2.90. The number of piperazine rings is 1. The molecule has 0 radical (unpaired) electrons. The van der Waals surface area contributed by atoms with Crippen molar-refractivity contribution in [1.29, 1.82) is 0 Å². The number of amides is 2. The van der Waals surface area contributed by atoms with Gasteiger partial charge in [-0.15, -0.1) is 0 Å². The minimum absolute atomic E-state index is 0.0271. The molecule has 172 valence electrons. The second kappa shape index (κ2) is 8.41. The molecule has 2 aromatic rings. The molecule has 0 spiro atoms. The van der Waals surface area contributed by atoms with Crippen molar-refractivity contribution in [2.24, 2.45) is 7.05 Å². The van der Waals surface area contributed by atoms with Gasteiger partial charge in [0, 0.05) is 26.2 Å². The van der Waals surface area contributed by atoms with Crippen molar-refractivity contribution in [1.82, 2.24) is 19.4 Å². The molecule has 2 aliphatic carbocycles. The number of rotatable bonds is 5. The lowest BCUT2D eigenvalue weighted by atomic mass is 9.93. The van der Waals surface area contributed by atoms with Crippen LogP contribution in [0.5, 0.6) is 5.75 Å². The molecular formula is C25H34N4O3. The average Bonchev–Trinajstić information content (AvgIpc) is 3.57. The fourth-order valence-electron chi connectivity index (χ4n) is 5.24. The van der Waals surface area contributed by atoms with E-state index in [1.165, 1.54) is 37.7 Å². The van der Waals surface area contributed by atoms with Crippen molar-refractivity contribution in [3.8, 4) is 5.75 Å². The van der Waals surface area contributed by atoms with Gasteiger partial charge >= 0.3 is 0 Å². The molecular weight excluding hydrogens is 404 g/mol. The van der Waals surface area contributed by atoms with Crippen LogP contribution in [-0.2, 0) is 11.8 Å². The lowest BCUT2D eigenvalue weighted by Gasteiger charge is -2.40. The molecule has 3 fully saturated rings. The highest BCUT2D eigenvalue weighted by molar-refractivity contribution is 5.98. The van der Waals surface area contributed by atoms with E-state index in [4.69, 9.17) is 9.72 Å². The molecule has 5 rings (SSSR count). The third-order valence-corrected chi connectivity index (χ3v) is 7.14. The number of ether oxygens (including phenoxy) is 1. The Hall–Kier alpha value is -2.57. The standard InChI is InChI=1S/C25H34N4O3/c1-16(2)32-21-14-18(17-9-10-17)13-20-23(21)26-24(27(20)3)25(31)28-11-12-29(22(30)15-28)19-7-5-4-6-8-19/h13-14,16-17,19H,4-12,15H2,1-3H3. The summed E-state index contributed by atoms with van der Waals surface area (Å²) < 4.78 is 7.95. The molecule has 3 aliphatic rings. The van der Waals surface area contributed by atoms with Crippen LogP contribution in [0.2, 0.25) is 0 Å². The third kappa shape index (κ3) is 3.97. The van der Waals surface area contributed by atoms with Crippen molar-refractivity contribution in [3.63, 3.8) is 0 Å². The molecule has 32 heavy (non-hydrogen) atoms. The van der Waals surface area contributed by atoms with Crippen LogP contribution < -0.4 is 4.74 Å². The fourth-order valence-corrected chi connectivity index (χ4v) is 5.24. The predicted molar refractivity (Wildman–Crippen MR) is 123 cm³/mol. The number of nitrogens with zero attached hydrogens (tertiary/aromatic N) is 4. The van der Waals surface area contributed by atoms with E-state index < -0.39 is 0 Å². The minimum Gasteiger partial charge on any atom is -0.489 e. The van der Waals surface area contributed by atoms with Crippen LogP contribution in [0.1, 0.15) is 80.9 Å². The number of carbonyl (C=O) groups is 2. The van der Waals surface area contributed by atoms with Gasteiger partial charge in [0.2, 0.25) is 5.91 Å². The van der Waals surface area contributed by atoms with Gasteiger partial charge in [-0.2, -0.15) is 0 Å². The molecule has 7 heteroatoms. The number of carbonyl (C=O) groups excluding carboxylic acids is 2. The zero-order valence-corrected chi connectivity index (χ0v) is 19.5. The van der Waals surface area contributed by atoms with Gasteiger partial charge in [-0.1, -0.05) is 19.3 Å². The number of aryl methyl sites for hydroxylation is 1. The number of hydrogen-bond acceptors (Lipinski definition) is 4. The van der Waals surface area contributed by atoms with E-state index in [0.717, 1.165) is 29.6 Å². The van der Waals surface area contributed by atoms with E-state index in [2.05, 4.69) is 12.1 Å². The summed E-state index contributed by atoms with van der Waals surface area (Å²) in [6.45, 7) is 5.32. The summed E-state index contributed by atoms with van der Waals surface area (Å²) in [6.07, 6.45) is 8.26. The zero-order chi connectivity index (χ0) is 22.4. The zero-order valence-electron chi connectivity index (χ0n) is 19.5. The Morgan fingerprint density at radius 3 is 2.50 bits per heavy atom. The lowest BCUT2D eigenvalue weighted by molar-refractivity contribution is -0.138. The third-order valence-electron chi connectivity index (χ3n) is 7.14. The summed E-state index contributed by atoms with van der Waals surface area (Å²) in [5.74, 6) is 1.58. The van der Waals surface area contributed by atoms with Crippen LogP contribution in [-0.4, -0.2) is 62.9 Å². The topological polar surface area (TPSA) is 67.7 Å². The van der Waals surface area contributed by atoms with E-state index >= 15 is 0 Å². The van der Waals surface area contributed by atoms with Gasteiger partial charge < -0.3 is 19.1 Å². The van der Waals surface area contributed by atoms with Crippen LogP contribution in [0, 0.1) is 0 Å². The number of benzene rings is 1. The maximum absolute atomic E-state index is 13.4. The Morgan fingerprint density at radius 1 is 1.09 bits per heavy atom. The van der Waals surface area contributed by atoms with E-state index in [9.17, 15) is 9.59 Å². The summed E-state index contributed by atoms with van der Waals surface area (Å²) in [6, 6.07) is 4.59. The normalized spacial score (nSPS) is 20.4. The quantitative estimate of drug-likeness (QED) is 0.711. The number of aromatic nitrogens is 2. The van der Waals surface area contributed by atoms with Crippen LogP contribution in [0.4, 0.5) is 0 Å². The smallest absolute Gasteiger partial charge is 0.290 e. The molecule has 1 aliphatic heterocycles. The molecule has 2 heterocycles. The SMILES string of the molecule is CC(C)Oc1cc(C2CC2)cc2c1nc(C(=O)N1CCN(C3CCCCC3)C(=O)C1)n2C. The average molecular weight is 439 g/mol. The minimum atomic E-state index is -0.177. The highest BCUT2D eigenvalue weighted by atomic mass is 16.5. The van der Waals surface area contributed by atoms with Gasteiger partial charge in [0.15, 0.2) is 5.82 Å². The van der Waals surface area contributed by atoms with E-state index in [0.29, 0.717) is 30.9 Å². The van der Waals surface area contributed by atoms with Gasteiger partial charge in [0.25, 0.3) is 5.91 Å². The number of fused-ring (bicyclic) bond motifs is 1. The first kappa shape index (κ1) is 21.3. The van der Waals surface area contributed by atoms with E-state index in [-0.39, 0.29) is 24.5 Å². The molecule has 1 aromatic carbocycles. The van der Waals surface area contributed by atoms with Crippen LogP contribution >= 0.6 is 0 Å². The largest absolute Gasteiger partial charge is 0.489 e. The highest BCUT2D eigenvalue weighted by Gasteiger charge is 2.34. The summed E-state index contributed by atoms with van der Waals surface area (Å²) in [5, 5.41) is 0. The fraction of sp³-hybridized carbons (Fsp3) is 0.640. The first-order valence-electron chi connectivity index (χ1n) is 12.2. The molecule has 7 nitrogen and oxygen atoms in total. The first-order chi connectivity index (χ1) is 15.4. The summed E-state index contributed by atoms with van der Waals surface area (Å²) in [7, 11) is 1.89. The first-order valence-corrected chi connectivity index (χ1v) is 12.2. The van der Waals surface area contributed by atoms with Crippen molar-refractivity contribution in [3.05, 3.63) is 23.5 Å². The van der Waals surface area contributed by atoms with Crippen molar-refractivity contribution in [2.75, 3.05) is 19.6 Å². The maximum atomic E-state index is 13.4. The van der Waals surface area contributed by atoms with Crippen LogP contribution in [0.3, 0.4) is 0 Å². The molecule has 0 bridgehead atoms. The monoisotopic (exact) mass is 438 g/mol.